The number of benzene rings is 1. The Bertz CT molecular complexity index is 1710. The molecule has 0 bridgehead atoms. The second kappa shape index (κ2) is 11.0. The van der Waals surface area contributed by atoms with Crippen LogP contribution in [0.5, 0.6) is 11.6 Å². The largest absolute Gasteiger partial charge is 0.507 e. The highest BCUT2D eigenvalue weighted by atomic mass is 19.1. The number of hydrogen-bond acceptors (Lipinski definition) is 8. The molecule has 11 heteroatoms. The Morgan fingerprint density at radius 2 is 1.90 bits per heavy atom. The zero-order chi connectivity index (χ0) is 29.4. The molecule has 0 radical (unpaired) electrons. The molecule has 1 aliphatic rings. The first-order valence-electron chi connectivity index (χ1n) is 13.3. The van der Waals surface area contributed by atoms with Gasteiger partial charge in [0.2, 0.25) is 11.8 Å². The molecule has 0 unspecified atom stereocenters. The Morgan fingerprint density at radius 3 is 2.54 bits per heavy atom. The Labute approximate surface area is 236 Å². The number of anilines is 1. The van der Waals surface area contributed by atoms with Crippen LogP contribution in [0.15, 0.2) is 54.0 Å². The van der Waals surface area contributed by atoms with Crippen molar-refractivity contribution in [3.05, 3.63) is 76.7 Å². The van der Waals surface area contributed by atoms with Crippen molar-refractivity contribution in [2.45, 2.75) is 26.7 Å². The first kappa shape index (κ1) is 27.8. The molecule has 4 heterocycles. The van der Waals surface area contributed by atoms with E-state index in [1.54, 1.807) is 17.2 Å². The number of pyridine rings is 2. The number of hydrogen-bond donors (Lipinski definition) is 1. The number of ether oxygens (including phenoxy) is 1. The van der Waals surface area contributed by atoms with Gasteiger partial charge in [-0.05, 0) is 48.7 Å². The highest BCUT2D eigenvalue weighted by Crippen LogP contribution is 2.39. The van der Waals surface area contributed by atoms with Gasteiger partial charge in [-0.25, -0.2) is 14.2 Å². The number of fused-ring (bicyclic) bond motifs is 1. The summed E-state index contributed by atoms with van der Waals surface area (Å²) in [5.41, 5.74) is 1.82. The highest BCUT2D eigenvalue weighted by Gasteiger charge is 2.28. The molecule has 0 aliphatic carbocycles. The average molecular weight is 559 g/mol. The summed E-state index contributed by atoms with van der Waals surface area (Å²) in [6.07, 6.45) is 2.97. The Morgan fingerprint density at radius 1 is 1.17 bits per heavy atom. The van der Waals surface area contributed by atoms with E-state index in [1.807, 2.05) is 31.7 Å². The van der Waals surface area contributed by atoms with E-state index in [0.717, 1.165) is 5.56 Å². The van der Waals surface area contributed by atoms with Crippen LogP contribution >= 0.6 is 0 Å². The van der Waals surface area contributed by atoms with Gasteiger partial charge in [0.25, 0.3) is 0 Å². The third kappa shape index (κ3) is 4.88. The van der Waals surface area contributed by atoms with Gasteiger partial charge >= 0.3 is 5.69 Å². The van der Waals surface area contributed by atoms with Crippen LogP contribution in [0.1, 0.15) is 31.0 Å². The van der Waals surface area contributed by atoms with Crippen LogP contribution in [0.25, 0.3) is 27.8 Å². The molecule has 212 valence electrons. The third-order valence-electron chi connectivity index (χ3n) is 7.25. The molecule has 0 spiro atoms. The molecule has 5 rings (SSSR count). The second-order valence-corrected chi connectivity index (χ2v) is 10.1. The van der Waals surface area contributed by atoms with Crippen LogP contribution in [-0.4, -0.2) is 68.7 Å². The molecule has 1 N–H and O–H groups in total. The summed E-state index contributed by atoms with van der Waals surface area (Å²) in [4.78, 5) is 43.4. The lowest BCUT2D eigenvalue weighted by Gasteiger charge is -2.35. The minimum Gasteiger partial charge on any atom is -0.507 e. The van der Waals surface area contributed by atoms with E-state index in [9.17, 15) is 14.7 Å². The second-order valence-electron chi connectivity index (χ2n) is 10.1. The molecule has 41 heavy (non-hydrogen) atoms. The first-order valence-corrected chi connectivity index (χ1v) is 13.3. The van der Waals surface area contributed by atoms with Gasteiger partial charge in [0.1, 0.15) is 22.8 Å². The Hall–Kier alpha value is -4.80. The van der Waals surface area contributed by atoms with Gasteiger partial charge < -0.3 is 19.6 Å². The van der Waals surface area contributed by atoms with Gasteiger partial charge in [-0.2, -0.15) is 4.98 Å². The summed E-state index contributed by atoms with van der Waals surface area (Å²) in [5, 5.41) is 11.0. The van der Waals surface area contributed by atoms with Gasteiger partial charge in [0.05, 0.1) is 35.3 Å². The van der Waals surface area contributed by atoms with Crippen LogP contribution in [0, 0.1) is 12.7 Å². The Balaban J connectivity index is 1.85. The molecule has 1 aliphatic heterocycles. The fourth-order valence-corrected chi connectivity index (χ4v) is 5.23. The summed E-state index contributed by atoms with van der Waals surface area (Å²) >= 11 is 0. The van der Waals surface area contributed by atoms with Crippen molar-refractivity contribution in [3.8, 4) is 28.6 Å². The van der Waals surface area contributed by atoms with Crippen molar-refractivity contribution in [2.24, 2.45) is 0 Å². The zero-order valence-electron chi connectivity index (χ0n) is 23.4. The van der Waals surface area contributed by atoms with Crippen molar-refractivity contribution in [2.75, 3.05) is 38.2 Å². The number of amides is 1. The number of piperazine rings is 1. The van der Waals surface area contributed by atoms with E-state index in [-0.39, 0.29) is 34.7 Å². The van der Waals surface area contributed by atoms with Gasteiger partial charge in [-0.1, -0.05) is 26.5 Å². The maximum Gasteiger partial charge on any atom is 0.354 e. The molecule has 1 saturated heterocycles. The molecule has 0 atom stereocenters. The lowest BCUT2D eigenvalue weighted by molar-refractivity contribution is -0.126. The smallest absolute Gasteiger partial charge is 0.354 e. The lowest BCUT2D eigenvalue weighted by atomic mass is 10.0. The van der Waals surface area contributed by atoms with Crippen molar-refractivity contribution in [1.29, 1.82) is 0 Å². The first-order chi connectivity index (χ1) is 19.7. The SMILES string of the molecule is C=CC(=O)N1CCN(c2nc(=O)n(-c3c(C)ccnc3C(C)C)c3cc(-c4c(O)cccc4F)nc(OC)c23)CC1. The topological polar surface area (TPSA) is 114 Å². The standard InChI is InChI=1S/C30H31FN6O4/c1-6-23(39)35-12-14-36(15-13-35)28-25-21(16-20(33-29(25)41-5)24-19(31)8-7-9-22(24)38)37(30(40)34-28)27-18(4)10-11-32-26(27)17(2)3/h6-11,16-17,38H,1,12-15H2,2-5H3. The van der Waals surface area contributed by atoms with Gasteiger partial charge in [0.15, 0.2) is 0 Å². The zero-order valence-corrected chi connectivity index (χ0v) is 23.4. The number of aromatic hydroxyl groups is 1. The molecule has 4 aromatic rings. The maximum absolute atomic E-state index is 15.0. The van der Waals surface area contributed by atoms with Gasteiger partial charge in [-0.3, -0.25) is 14.3 Å². The number of carbonyl (C=O) groups excluding carboxylic acids is 1. The molecule has 3 aromatic heterocycles. The third-order valence-corrected chi connectivity index (χ3v) is 7.25. The summed E-state index contributed by atoms with van der Waals surface area (Å²) in [5.74, 6) is -0.724. The fourth-order valence-electron chi connectivity index (χ4n) is 5.23. The maximum atomic E-state index is 15.0. The van der Waals surface area contributed by atoms with Crippen LogP contribution in [0.2, 0.25) is 0 Å². The number of phenolic OH excluding ortho intramolecular Hbond substituents is 1. The van der Waals surface area contributed by atoms with Crippen LogP contribution in [0.4, 0.5) is 10.2 Å². The predicted octanol–water partition coefficient (Wildman–Crippen LogP) is 3.96. The number of phenols is 1. The summed E-state index contributed by atoms with van der Waals surface area (Å²) < 4.78 is 22.2. The van der Waals surface area contributed by atoms with Crippen molar-refractivity contribution in [1.82, 2.24) is 24.4 Å². The number of aryl methyl sites for hydroxylation is 1. The van der Waals surface area contributed by atoms with Gasteiger partial charge in [-0.15, -0.1) is 0 Å². The fraction of sp³-hybridized carbons (Fsp3) is 0.300. The van der Waals surface area contributed by atoms with Crippen molar-refractivity contribution < 1.29 is 19.0 Å². The quantitative estimate of drug-likeness (QED) is 0.354. The van der Waals surface area contributed by atoms with E-state index in [1.165, 1.54) is 36.0 Å². The molecular formula is C30H31FN6O4. The van der Waals surface area contributed by atoms with E-state index in [0.29, 0.717) is 54.3 Å². The minimum absolute atomic E-state index is 0.0270. The number of carbonyl (C=O) groups is 1. The molecule has 10 nitrogen and oxygen atoms in total. The molecule has 1 aromatic carbocycles. The monoisotopic (exact) mass is 558 g/mol. The lowest BCUT2D eigenvalue weighted by Crippen LogP contribution is -2.49. The summed E-state index contributed by atoms with van der Waals surface area (Å²) in [6, 6.07) is 7.37. The van der Waals surface area contributed by atoms with Crippen LogP contribution < -0.4 is 15.3 Å². The van der Waals surface area contributed by atoms with Gasteiger partial charge in [0, 0.05) is 32.4 Å². The molecule has 1 fully saturated rings. The summed E-state index contributed by atoms with van der Waals surface area (Å²) in [6.45, 7) is 11.0. The Kier molecular flexibility index (Phi) is 7.44. The molecule has 1 amide bonds. The van der Waals surface area contributed by atoms with E-state index in [2.05, 4.69) is 21.5 Å². The molecular weight excluding hydrogens is 527 g/mol. The highest BCUT2D eigenvalue weighted by molar-refractivity contribution is 5.97. The van der Waals surface area contributed by atoms with Crippen molar-refractivity contribution in [3.63, 3.8) is 0 Å². The van der Waals surface area contributed by atoms with Crippen LogP contribution in [0.3, 0.4) is 0 Å². The number of nitrogens with zero attached hydrogens (tertiary/aromatic N) is 6. The minimum atomic E-state index is -0.675. The van der Waals surface area contributed by atoms with E-state index in [4.69, 9.17) is 4.74 Å². The summed E-state index contributed by atoms with van der Waals surface area (Å²) in [7, 11) is 1.43. The van der Waals surface area contributed by atoms with Crippen LogP contribution in [-0.2, 0) is 4.79 Å². The average Bonchev–Trinajstić information content (AvgIpc) is 2.96. The number of halogens is 1. The van der Waals surface area contributed by atoms with E-state index < -0.39 is 11.5 Å². The predicted molar refractivity (Wildman–Crippen MR) is 154 cm³/mol. The van der Waals surface area contributed by atoms with Crippen molar-refractivity contribution >= 4 is 22.6 Å². The number of aromatic nitrogens is 4. The number of methoxy groups -OCH3 is 1. The van der Waals surface area contributed by atoms with E-state index >= 15 is 4.39 Å². The number of rotatable bonds is 6. The normalized spacial score (nSPS) is 13.6. The molecule has 0 saturated carbocycles.